The minimum atomic E-state index is -0.731. The molecular weight excluding hydrogens is 438 g/mol. The number of nitrogens with zero attached hydrogens (tertiary/aromatic N) is 1. The Morgan fingerprint density at radius 3 is 2.17 bits per heavy atom. The number of aliphatic carboxylic acids is 1. The van der Waals surface area contributed by atoms with Crippen LogP contribution in [0.15, 0.2) is 83.4 Å². The van der Waals surface area contributed by atoms with E-state index in [4.69, 9.17) is 9.26 Å². The smallest absolute Gasteiger partial charge is 0.314 e. The molecule has 1 aliphatic carbocycles. The number of hydrogen-bond donors (Lipinski definition) is 1. The molecule has 1 fully saturated rings. The summed E-state index contributed by atoms with van der Waals surface area (Å²) >= 11 is 0. The van der Waals surface area contributed by atoms with Crippen molar-refractivity contribution in [3.05, 3.63) is 101 Å². The van der Waals surface area contributed by atoms with Crippen molar-refractivity contribution in [2.75, 3.05) is 6.61 Å². The van der Waals surface area contributed by atoms with Crippen LogP contribution in [-0.4, -0.2) is 22.8 Å². The monoisotopic (exact) mass is 467 g/mol. The Morgan fingerprint density at radius 2 is 1.57 bits per heavy atom. The predicted octanol–water partition coefficient (Wildman–Crippen LogP) is 6.75. The first kappa shape index (κ1) is 23.1. The molecule has 5 rings (SSSR count). The molecule has 1 N–H and O–H groups in total. The molecule has 1 atom stereocenters. The van der Waals surface area contributed by atoms with Crippen molar-refractivity contribution in [1.29, 1.82) is 0 Å². The molecule has 1 unspecified atom stereocenters. The summed E-state index contributed by atoms with van der Waals surface area (Å²) in [5, 5.41) is 13.7. The van der Waals surface area contributed by atoms with Gasteiger partial charge in [0.1, 0.15) is 0 Å². The topological polar surface area (TPSA) is 72.6 Å². The van der Waals surface area contributed by atoms with Crippen molar-refractivity contribution in [3.63, 3.8) is 0 Å². The molecule has 1 heterocycles. The number of carboxylic acids is 1. The van der Waals surface area contributed by atoms with Crippen LogP contribution in [0.25, 0.3) is 22.5 Å². The van der Waals surface area contributed by atoms with Crippen LogP contribution >= 0.6 is 0 Å². The molecule has 5 nitrogen and oxygen atoms in total. The van der Waals surface area contributed by atoms with E-state index in [0.717, 1.165) is 45.7 Å². The van der Waals surface area contributed by atoms with Gasteiger partial charge in [-0.05, 0) is 55.4 Å². The van der Waals surface area contributed by atoms with Crippen LogP contribution in [0.1, 0.15) is 48.3 Å². The highest BCUT2D eigenvalue weighted by Gasteiger charge is 2.51. The van der Waals surface area contributed by atoms with Gasteiger partial charge in [-0.15, -0.1) is 0 Å². The molecule has 3 aromatic carbocycles. The van der Waals surface area contributed by atoms with E-state index in [-0.39, 0.29) is 6.10 Å². The van der Waals surface area contributed by atoms with Gasteiger partial charge in [0.25, 0.3) is 0 Å². The summed E-state index contributed by atoms with van der Waals surface area (Å²) in [6, 6.07) is 26.4. The lowest BCUT2D eigenvalue weighted by Gasteiger charge is -2.14. The van der Waals surface area contributed by atoms with Gasteiger partial charge in [0.15, 0.2) is 5.76 Å². The lowest BCUT2D eigenvalue weighted by Crippen LogP contribution is -2.19. The van der Waals surface area contributed by atoms with Gasteiger partial charge in [-0.2, -0.15) is 0 Å². The molecule has 0 spiro atoms. The van der Waals surface area contributed by atoms with E-state index >= 15 is 0 Å². The van der Waals surface area contributed by atoms with E-state index in [1.54, 1.807) is 0 Å². The number of aromatic nitrogens is 1. The Balaban J connectivity index is 1.29. The second-order valence-corrected chi connectivity index (χ2v) is 9.30. The van der Waals surface area contributed by atoms with Gasteiger partial charge >= 0.3 is 5.97 Å². The molecular formula is C30H29NO4. The maximum Gasteiger partial charge on any atom is 0.314 e. The third kappa shape index (κ3) is 4.64. The number of carboxylic acid groups (broad SMARTS) is 1. The van der Waals surface area contributed by atoms with Crippen molar-refractivity contribution in [2.45, 2.75) is 44.6 Å². The van der Waals surface area contributed by atoms with Crippen molar-refractivity contribution < 1.29 is 19.2 Å². The molecule has 0 amide bonds. The third-order valence-electron chi connectivity index (χ3n) is 6.99. The lowest BCUT2D eigenvalue weighted by atomic mass is 9.93. The summed E-state index contributed by atoms with van der Waals surface area (Å²) < 4.78 is 11.9. The van der Waals surface area contributed by atoms with Crippen LogP contribution in [0.5, 0.6) is 0 Å². The molecule has 178 valence electrons. The fourth-order valence-corrected chi connectivity index (χ4v) is 4.69. The normalized spacial score (nSPS) is 15.0. The molecule has 1 aromatic heterocycles. The Bertz CT molecular complexity index is 1300. The zero-order valence-corrected chi connectivity index (χ0v) is 20.0. The average Bonchev–Trinajstić information content (AvgIpc) is 3.61. The summed E-state index contributed by atoms with van der Waals surface area (Å²) in [4.78, 5) is 11.6. The molecule has 5 heteroatoms. The van der Waals surface area contributed by atoms with Gasteiger partial charge in [0.05, 0.1) is 29.4 Å². The van der Waals surface area contributed by atoms with Crippen LogP contribution in [0.4, 0.5) is 0 Å². The van der Waals surface area contributed by atoms with Crippen LogP contribution in [0.2, 0.25) is 0 Å². The molecule has 0 aliphatic heterocycles. The van der Waals surface area contributed by atoms with Crippen LogP contribution < -0.4 is 0 Å². The fourth-order valence-electron chi connectivity index (χ4n) is 4.69. The van der Waals surface area contributed by atoms with Gasteiger partial charge < -0.3 is 14.4 Å². The van der Waals surface area contributed by atoms with Gasteiger partial charge in [-0.25, -0.2) is 0 Å². The summed E-state index contributed by atoms with van der Waals surface area (Å²) in [5.41, 5.74) is 6.32. The van der Waals surface area contributed by atoms with E-state index in [0.29, 0.717) is 19.4 Å². The Hall–Kier alpha value is -3.70. The summed E-state index contributed by atoms with van der Waals surface area (Å²) in [7, 11) is 0. The standard InChI is InChI=1S/C30H29NO4/c1-20-27(21(2)34-19-16-22-6-4-3-5-7-22)28(35-31-20)25-10-8-23(9-11-25)24-12-14-26(15-13-24)30(17-18-30)29(32)33/h3-15,21H,16-19H2,1-2H3,(H,32,33). The SMILES string of the molecule is Cc1noc(-c2ccc(-c3ccc(C4(C(=O)O)CC4)cc3)cc2)c1C(C)OCCc1ccccc1. The maximum atomic E-state index is 11.6. The largest absolute Gasteiger partial charge is 0.481 e. The number of carbonyl (C=O) groups is 1. The van der Waals surface area contributed by atoms with Crippen molar-refractivity contribution in [1.82, 2.24) is 5.16 Å². The molecule has 0 saturated heterocycles. The molecule has 1 saturated carbocycles. The van der Waals surface area contributed by atoms with Crippen molar-refractivity contribution in [2.24, 2.45) is 0 Å². The van der Waals surface area contributed by atoms with E-state index < -0.39 is 11.4 Å². The Labute approximate surface area is 205 Å². The minimum absolute atomic E-state index is 0.142. The molecule has 1 aliphatic rings. The van der Waals surface area contributed by atoms with E-state index in [1.165, 1.54) is 5.56 Å². The van der Waals surface area contributed by atoms with Crippen molar-refractivity contribution >= 4 is 5.97 Å². The van der Waals surface area contributed by atoms with Gasteiger partial charge in [-0.1, -0.05) is 84.0 Å². The second-order valence-electron chi connectivity index (χ2n) is 9.30. The highest BCUT2D eigenvalue weighted by molar-refractivity contribution is 5.85. The number of aryl methyl sites for hydroxylation is 1. The number of hydrogen-bond acceptors (Lipinski definition) is 4. The van der Waals surface area contributed by atoms with Gasteiger partial charge in [0, 0.05) is 5.56 Å². The van der Waals surface area contributed by atoms with E-state index in [2.05, 4.69) is 29.4 Å². The van der Waals surface area contributed by atoms with Gasteiger partial charge in [-0.3, -0.25) is 4.79 Å². The Morgan fingerprint density at radius 1 is 0.971 bits per heavy atom. The fraction of sp³-hybridized carbons (Fsp3) is 0.267. The molecule has 4 aromatic rings. The summed E-state index contributed by atoms with van der Waals surface area (Å²) in [5.74, 6) is -0.000209. The summed E-state index contributed by atoms with van der Waals surface area (Å²) in [6.45, 7) is 4.60. The quantitative estimate of drug-likeness (QED) is 0.295. The highest BCUT2D eigenvalue weighted by Crippen LogP contribution is 2.48. The van der Waals surface area contributed by atoms with Crippen LogP contribution in [0, 0.1) is 6.92 Å². The first-order valence-corrected chi connectivity index (χ1v) is 12.0. The molecule has 0 radical (unpaired) electrons. The zero-order chi connectivity index (χ0) is 24.4. The van der Waals surface area contributed by atoms with Gasteiger partial charge in [0.2, 0.25) is 0 Å². The minimum Gasteiger partial charge on any atom is -0.481 e. The lowest BCUT2D eigenvalue weighted by molar-refractivity contribution is -0.140. The first-order valence-electron chi connectivity index (χ1n) is 12.0. The third-order valence-corrected chi connectivity index (χ3v) is 6.99. The highest BCUT2D eigenvalue weighted by atomic mass is 16.5. The molecule has 35 heavy (non-hydrogen) atoms. The number of benzene rings is 3. The maximum absolute atomic E-state index is 11.6. The van der Waals surface area contributed by atoms with E-state index in [9.17, 15) is 9.90 Å². The zero-order valence-electron chi connectivity index (χ0n) is 20.0. The second kappa shape index (κ2) is 9.51. The van der Waals surface area contributed by atoms with Crippen molar-refractivity contribution in [3.8, 4) is 22.5 Å². The summed E-state index contributed by atoms with van der Waals surface area (Å²) in [6.07, 6.45) is 2.13. The van der Waals surface area contributed by atoms with E-state index in [1.807, 2.05) is 68.4 Å². The first-order chi connectivity index (χ1) is 17.0. The van der Waals surface area contributed by atoms with Crippen LogP contribution in [0.3, 0.4) is 0 Å². The van der Waals surface area contributed by atoms with Crippen LogP contribution in [-0.2, 0) is 21.4 Å². The average molecular weight is 468 g/mol. The predicted molar refractivity (Wildman–Crippen MR) is 135 cm³/mol. The Kier molecular flexibility index (Phi) is 6.27. The molecule has 0 bridgehead atoms. The number of rotatable bonds is 9. The number of ether oxygens (including phenoxy) is 1.